The minimum Gasteiger partial charge on any atom is -0.393 e. The molecule has 0 unspecified atom stereocenters. The van der Waals surface area contributed by atoms with Crippen molar-refractivity contribution in [2.24, 2.45) is 0 Å². The van der Waals surface area contributed by atoms with Crippen LogP contribution in [0.3, 0.4) is 0 Å². The van der Waals surface area contributed by atoms with Crippen molar-refractivity contribution in [1.29, 1.82) is 0 Å². The summed E-state index contributed by atoms with van der Waals surface area (Å²) in [6.45, 7) is -0.0572. The van der Waals surface area contributed by atoms with Gasteiger partial charge in [-0.1, -0.05) is 11.6 Å². The summed E-state index contributed by atoms with van der Waals surface area (Å²) in [6.07, 6.45) is 1.36. The van der Waals surface area contributed by atoms with Crippen molar-refractivity contribution >= 4 is 22.8 Å². The number of aliphatic hydroxyl groups is 2. The maximum Gasteiger partial charge on any atom is 0.185 e. The maximum atomic E-state index is 9.67. The quantitative estimate of drug-likeness (QED) is 0.682. The van der Waals surface area contributed by atoms with Gasteiger partial charge in [-0.2, -0.15) is 5.17 Å². The van der Waals surface area contributed by atoms with Crippen molar-refractivity contribution in [2.75, 3.05) is 18.3 Å². The highest BCUT2D eigenvalue weighted by Crippen LogP contribution is 2.20. The molecular formula is C9H10ClN5O3. The number of imidazole rings is 1. The van der Waals surface area contributed by atoms with Crippen LogP contribution in [0.15, 0.2) is 12.7 Å². The first-order chi connectivity index (χ1) is 8.70. The zero-order chi connectivity index (χ0) is 12.7. The Labute approximate surface area is 106 Å². The predicted octanol–water partition coefficient (Wildman–Crippen LogP) is -0.915. The fourth-order valence-corrected chi connectivity index (χ4v) is 1.98. The van der Waals surface area contributed by atoms with Crippen LogP contribution in [0.4, 0.5) is 0 Å². The van der Waals surface area contributed by atoms with E-state index < -0.39 is 12.2 Å². The van der Waals surface area contributed by atoms with E-state index in [1.807, 2.05) is 0 Å². The second-order valence-electron chi connectivity index (χ2n) is 3.85. The van der Waals surface area contributed by atoms with Gasteiger partial charge in [0.1, 0.15) is 30.4 Å². The van der Waals surface area contributed by atoms with Crippen LogP contribution in [-0.4, -0.2) is 55.2 Å². The number of hydrogen-bond acceptors (Lipinski definition) is 7. The molecule has 2 N–H and O–H groups in total. The van der Waals surface area contributed by atoms with Gasteiger partial charge in [0, 0.05) is 0 Å². The lowest BCUT2D eigenvalue weighted by Gasteiger charge is -2.17. The molecule has 3 heterocycles. The van der Waals surface area contributed by atoms with E-state index in [2.05, 4.69) is 15.0 Å². The van der Waals surface area contributed by atoms with Gasteiger partial charge < -0.3 is 10.2 Å². The smallest absolute Gasteiger partial charge is 0.185 e. The van der Waals surface area contributed by atoms with Gasteiger partial charge in [-0.25, -0.2) is 24.5 Å². The number of aliphatic hydroxyl groups excluding tert-OH is 2. The highest BCUT2D eigenvalue weighted by molar-refractivity contribution is 6.33. The Morgan fingerprint density at radius 2 is 2.28 bits per heavy atom. The van der Waals surface area contributed by atoms with Gasteiger partial charge in [-0.15, -0.1) is 0 Å². The number of aromatic nitrogens is 4. The van der Waals surface area contributed by atoms with E-state index in [4.69, 9.17) is 21.5 Å². The van der Waals surface area contributed by atoms with Crippen molar-refractivity contribution in [1.82, 2.24) is 19.6 Å². The Bertz CT molecular complexity index is 576. The third kappa shape index (κ3) is 1.70. The molecule has 1 aliphatic heterocycles. The molecule has 96 valence electrons. The lowest BCUT2D eigenvalue weighted by molar-refractivity contribution is -0.0213. The van der Waals surface area contributed by atoms with E-state index in [1.54, 1.807) is 0 Å². The van der Waals surface area contributed by atoms with E-state index in [0.29, 0.717) is 11.2 Å². The SMILES string of the molecule is OC[C@H]1ON(n2cnc3c(Cl)ncnc32)C[C@@H]1O. The Hall–Kier alpha value is -1.48. The molecular weight excluding hydrogens is 262 g/mol. The first-order valence-electron chi connectivity index (χ1n) is 5.27. The van der Waals surface area contributed by atoms with Crippen LogP contribution in [0.1, 0.15) is 0 Å². The second-order valence-corrected chi connectivity index (χ2v) is 4.21. The van der Waals surface area contributed by atoms with Gasteiger partial charge in [0.2, 0.25) is 0 Å². The number of halogens is 1. The molecule has 18 heavy (non-hydrogen) atoms. The summed E-state index contributed by atoms with van der Waals surface area (Å²) >= 11 is 5.89. The monoisotopic (exact) mass is 271 g/mol. The van der Waals surface area contributed by atoms with E-state index >= 15 is 0 Å². The summed E-state index contributed by atoms with van der Waals surface area (Å²) < 4.78 is 1.52. The summed E-state index contributed by atoms with van der Waals surface area (Å²) in [7, 11) is 0. The highest BCUT2D eigenvalue weighted by atomic mass is 35.5. The van der Waals surface area contributed by atoms with Crippen LogP contribution in [0, 0.1) is 0 Å². The van der Waals surface area contributed by atoms with Gasteiger partial charge in [-0.05, 0) is 0 Å². The van der Waals surface area contributed by atoms with Gasteiger partial charge in [0.25, 0.3) is 0 Å². The number of hydroxylamine groups is 1. The third-order valence-corrected chi connectivity index (χ3v) is 3.00. The van der Waals surface area contributed by atoms with Crippen molar-refractivity contribution in [3.63, 3.8) is 0 Å². The van der Waals surface area contributed by atoms with E-state index in [1.165, 1.54) is 22.5 Å². The molecule has 1 fully saturated rings. The third-order valence-electron chi connectivity index (χ3n) is 2.72. The second kappa shape index (κ2) is 4.32. The molecule has 2 atom stereocenters. The van der Waals surface area contributed by atoms with Gasteiger partial charge in [-0.3, -0.25) is 0 Å². The summed E-state index contributed by atoms with van der Waals surface area (Å²) in [5.41, 5.74) is 0.922. The molecule has 0 spiro atoms. The molecule has 0 aromatic carbocycles. The predicted molar refractivity (Wildman–Crippen MR) is 61.4 cm³/mol. The molecule has 0 aliphatic carbocycles. The maximum absolute atomic E-state index is 9.67. The molecule has 0 amide bonds. The number of hydrogen-bond donors (Lipinski definition) is 2. The average Bonchev–Trinajstić information content (AvgIpc) is 2.93. The zero-order valence-electron chi connectivity index (χ0n) is 9.14. The van der Waals surface area contributed by atoms with E-state index in [-0.39, 0.29) is 18.3 Å². The van der Waals surface area contributed by atoms with Crippen LogP contribution in [0.5, 0.6) is 0 Å². The molecule has 2 aromatic heterocycles. The molecule has 0 radical (unpaired) electrons. The van der Waals surface area contributed by atoms with E-state index in [9.17, 15) is 5.11 Å². The minimum absolute atomic E-state index is 0.207. The molecule has 1 aliphatic rings. The molecule has 9 heteroatoms. The first kappa shape index (κ1) is 11.6. The van der Waals surface area contributed by atoms with Crippen LogP contribution in [0.25, 0.3) is 11.2 Å². The van der Waals surface area contributed by atoms with Crippen LogP contribution in [-0.2, 0) is 4.84 Å². The standard InChI is InChI=1S/C9H10ClN5O3/c10-8-7-9(12-3-11-8)14(4-13-7)15-1-5(17)6(2-16)18-15/h3-6,16-17H,1-2H2/t5-,6+/m0/s1. The largest absolute Gasteiger partial charge is 0.393 e. The van der Waals surface area contributed by atoms with Crippen molar-refractivity contribution < 1.29 is 15.1 Å². The van der Waals surface area contributed by atoms with Crippen LogP contribution >= 0.6 is 11.6 Å². The Balaban J connectivity index is 1.99. The molecule has 0 saturated carbocycles. The average molecular weight is 272 g/mol. The Kier molecular flexibility index (Phi) is 2.78. The summed E-state index contributed by atoms with van der Waals surface area (Å²) in [5.74, 6) is 0. The molecule has 0 bridgehead atoms. The lowest BCUT2D eigenvalue weighted by Crippen LogP contribution is -2.31. The molecule has 3 rings (SSSR count). The summed E-state index contributed by atoms with van der Waals surface area (Å²) in [4.78, 5) is 17.3. The Morgan fingerprint density at radius 1 is 1.44 bits per heavy atom. The molecule has 1 saturated heterocycles. The lowest BCUT2D eigenvalue weighted by atomic mass is 10.2. The normalized spacial score (nSPS) is 24.1. The van der Waals surface area contributed by atoms with Crippen molar-refractivity contribution in [3.8, 4) is 0 Å². The summed E-state index contributed by atoms with van der Waals surface area (Å²) in [5, 5.41) is 20.3. The van der Waals surface area contributed by atoms with E-state index in [0.717, 1.165) is 0 Å². The minimum atomic E-state index is -0.773. The fourth-order valence-electron chi connectivity index (χ4n) is 1.80. The highest BCUT2D eigenvalue weighted by Gasteiger charge is 2.33. The fraction of sp³-hybridized carbons (Fsp3) is 0.444. The Morgan fingerprint density at radius 3 is 3.00 bits per heavy atom. The number of nitrogens with zero attached hydrogens (tertiary/aromatic N) is 5. The number of β-amino-alcohol motifs (C(OH)–C–C–N with tert-alkyl or cyclic N) is 1. The van der Waals surface area contributed by atoms with Gasteiger partial charge in [0.05, 0.1) is 13.2 Å². The van der Waals surface area contributed by atoms with Crippen LogP contribution < -0.4 is 5.17 Å². The van der Waals surface area contributed by atoms with Crippen LogP contribution in [0.2, 0.25) is 5.15 Å². The molecule has 8 nitrogen and oxygen atoms in total. The van der Waals surface area contributed by atoms with Crippen molar-refractivity contribution in [2.45, 2.75) is 12.2 Å². The number of fused-ring (bicyclic) bond motifs is 1. The molecule has 2 aromatic rings. The topological polar surface area (TPSA) is 96.5 Å². The zero-order valence-corrected chi connectivity index (χ0v) is 9.90. The summed E-state index contributed by atoms with van der Waals surface area (Å²) in [6, 6.07) is 0. The van der Waals surface area contributed by atoms with Gasteiger partial charge >= 0.3 is 0 Å². The van der Waals surface area contributed by atoms with Gasteiger partial charge in [0.15, 0.2) is 10.8 Å². The number of rotatable bonds is 2. The van der Waals surface area contributed by atoms with Crippen molar-refractivity contribution in [3.05, 3.63) is 17.8 Å². The first-order valence-corrected chi connectivity index (χ1v) is 5.65.